The number of alkyl halides is 2. The molecular weight excluding hydrogens is 523 g/mol. The standard InChI is InChI=1S/C28H23B3F2N6O2/c29-28(30,31)39-21-13-20(24-17(26(39)40)2-1-3-22(24)41-27(32)33)38-19-12-15(4-6-18(19)36-25(21)38)16-5-7-23(35-14-16)37-10-8-34-9-11-37/h1-7,12,14,20-21,27,34H,8-11,13H2/t20-,21-/m1/s1. The Labute approximate surface area is 239 Å². The number of imidazole rings is 1. The topological polar surface area (TPSA) is 75.5 Å². The van der Waals surface area contributed by atoms with E-state index >= 15 is 0 Å². The van der Waals surface area contributed by atoms with Crippen molar-refractivity contribution in [1.82, 2.24) is 24.8 Å². The Balaban J connectivity index is 1.37. The lowest BCUT2D eigenvalue weighted by atomic mass is 9.48. The maximum absolute atomic E-state index is 13.7. The van der Waals surface area contributed by atoms with Gasteiger partial charge in [-0.1, -0.05) is 17.4 Å². The molecule has 1 amide bonds. The van der Waals surface area contributed by atoms with Crippen LogP contribution < -0.4 is 15.0 Å². The molecule has 200 valence electrons. The largest absolute Gasteiger partial charge is 0.434 e. The summed E-state index contributed by atoms with van der Waals surface area (Å²) in [6.07, 6.45) is 2.14. The number of hydrogen-bond donors (Lipinski definition) is 1. The molecule has 7 rings (SSSR count). The first-order valence-electron chi connectivity index (χ1n) is 13.4. The summed E-state index contributed by atoms with van der Waals surface area (Å²) in [5.74, 6) is 0.778. The normalized spacial score (nSPS) is 20.3. The van der Waals surface area contributed by atoms with Crippen LogP contribution in [0, 0.1) is 0 Å². The second-order valence-corrected chi connectivity index (χ2v) is 10.6. The SMILES string of the molecule is [B]C([B])([B])N1C(=O)c2cccc(OC(F)F)c2[C@H]2C[C@@H]1c1nc3ccc(-c4ccc(N5CCNCC5)nc4)cc3n12. The van der Waals surface area contributed by atoms with Gasteiger partial charge in [0.25, 0.3) is 5.91 Å². The number of fused-ring (bicyclic) bond motifs is 9. The third-order valence-electron chi connectivity index (χ3n) is 8.09. The van der Waals surface area contributed by atoms with Gasteiger partial charge in [-0.3, -0.25) is 4.79 Å². The number of piperazine rings is 1. The number of nitrogens with one attached hydrogen (secondary N) is 1. The second-order valence-electron chi connectivity index (χ2n) is 10.6. The van der Waals surface area contributed by atoms with Crippen LogP contribution in [0.5, 0.6) is 5.75 Å². The van der Waals surface area contributed by atoms with Gasteiger partial charge < -0.3 is 24.4 Å². The van der Waals surface area contributed by atoms with Crippen molar-refractivity contribution in [2.45, 2.75) is 30.4 Å². The van der Waals surface area contributed by atoms with E-state index in [-0.39, 0.29) is 11.3 Å². The predicted octanol–water partition coefficient (Wildman–Crippen LogP) is 2.72. The van der Waals surface area contributed by atoms with Crippen molar-refractivity contribution in [1.29, 1.82) is 0 Å². The number of carbonyl (C=O) groups is 1. The maximum atomic E-state index is 13.7. The number of benzene rings is 2. The molecule has 6 radical (unpaired) electrons. The third kappa shape index (κ3) is 4.29. The zero-order valence-electron chi connectivity index (χ0n) is 22.0. The number of ether oxygens (including phenoxy) is 1. The molecule has 0 spiro atoms. The second kappa shape index (κ2) is 9.61. The van der Waals surface area contributed by atoms with E-state index in [4.69, 9.17) is 38.2 Å². The minimum absolute atomic E-state index is 0.0910. The summed E-state index contributed by atoms with van der Waals surface area (Å²) in [6, 6.07) is 13.1. The van der Waals surface area contributed by atoms with E-state index in [1.165, 1.54) is 17.0 Å². The van der Waals surface area contributed by atoms with Crippen molar-refractivity contribution in [2.24, 2.45) is 0 Å². The van der Waals surface area contributed by atoms with Gasteiger partial charge in [0.15, 0.2) is 0 Å². The van der Waals surface area contributed by atoms with Crippen LogP contribution in [-0.2, 0) is 0 Å². The number of carbonyl (C=O) groups excluding carboxylic acids is 1. The van der Waals surface area contributed by atoms with Crippen molar-refractivity contribution in [3.8, 4) is 16.9 Å². The molecule has 0 aliphatic carbocycles. The highest BCUT2D eigenvalue weighted by atomic mass is 19.3. The Kier molecular flexibility index (Phi) is 6.11. The number of halogens is 2. The molecule has 1 N–H and O–H groups in total. The smallest absolute Gasteiger partial charge is 0.387 e. The van der Waals surface area contributed by atoms with Gasteiger partial charge in [0, 0.05) is 55.5 Å². The van der Waals surface area contributed by atoms with Gasteiger partial charge in [-0.05, 0) is 42.0 Å². The Bertz CT molecular complexity index is 1650. The number of nitrogens with zero attached hydrogens (tertiary/aromatic N) is 5. The molecule has 0 saturated carbocycles. The molecule has 2 bridgehead atoms. The third-order valence-corrected chi connectivity index (χ3v) is 8.09. The summed E-state index contributed by atoms with van der Waals surface area (Å²) in [6.45, 7) is 0.565. The summed E-state index contributed by atoms with van der Waals surface area (Å²) in [7, 11) is 18.3. The molecule has 41 heavy (non-hydrogen) atoms. The van der Waals surface area contributed by atoms with E-state index in [0.29, 0.717) is 23.3 Å². The van der Waals surface area contributed by atoms with Gasteiger partial charge in [-0.2, -0.15) is 8.78 Å². The van der Waals surface area contributed by atoms with E-state index in [9.17, 15) is 13.6 Å². The highest BCUT2D eigenvalue weighted by Crippen LogP contribution is 2.51. The summed E-state index contributed by atoms with van der Waals surface area (Å²) >= 11 is 0. The number of rotatable bonds is 5. The molecule has 2 aromatic heterocycles. The Hall–Kier alpha value is -3.86. The van der Waals surface area contributed by atoms with E-state index < -0.39 is 29.8 Å². The number of amides is 1. The van der Waals surface area contributed by atoms with E-state index in [2.05, 4.69) is 10.2 Å². The molecule has 4 aromatic rings. The fourth-order valence-electron chi connectivity index (χ4n) is 6.37. The molecule has 3 aliphatic heterocycles. The summed E-state index contributed by atoms with van der Waals surface area (Å²) < 4.78 is 33.8. The van der Waals surface area contributed by atoms with E-state index in [0.717, 1.165) is 48.6 Å². The van der Waals surface area contributed by atoms with Crippen molar-refractivity contribution in [2.75, 3.05) is 31.1 Å². The number of aromatic nitrogens is 3. The predicted molar refractivity (Wildman–Crippen MR) is 153 cm³/mol. The lowest BCUT2D eigenvalue weighted by Crippen LogP contribution is -2.54. The Morgan fingerprint density at radius 1 is 1.02 bits per heavy atom. The van der Waals surface area contributed by atoms with Gasteiger partial charge in [0.1, 0.15) is 17.4 Å². The lowest BCUT2D eigenvalue weighted by molar-refractivity contribution is -0.0507. The molecule has 5 heterocycles. The molecule has 0 unspecified atom stereocenters. The Morgan fingerprint density at radius 3 is 2.51 bits per heavy atom. The zero-order valence-corrected chi connectivity index (χ0v) is 22.0. The fraction of sp³-hybridized carbons (Fsp3) is 0.321. The summed E-state index contributed by atoms with van der Waals surface area (Å²) in [5.41, 5.74) is 3.74. The van der Waals surface area contributed by atoms with Crippen LogP contribution in [0.3, 0.4) is 0 Å². The molecule has 1 saturated heterocycles. The molecule has 3 aliphatic rings. The van der Waals surface area contributed by atoms with E-state index in [1.54, 1.807) is 6.07 Å². The van der Waals surface area contributed by atoms with Gasteiger partial charge in [-0.15, -0.1) is 0 Å². The first kappa shape index (κ1) is 26.1. The van der Waals surface area contributed by atoms with Gasteiger partial charge >= 0.3 is 6.61 Å². The van der Waals surface area contributed by atoms with Crippen LogP contribution in [-0.4, -0.2) is 86.9 Å². The zero-order chi connectivity index (χ0) is 28.5. The van der Waals surface area contributed by atoms with Crippen LogP contribution in [0.4, 0.5) is 14.6 Å². The highest BCUT2D eigenvalue weighted by molar-refractivity contribution is 6.60. The van der Waals surface area contributed by atoms with Crippen LogP contribution in [0.2, 0.25) is 0 Å². The first-order chi connectivity index (χ1) is 19.7. The van der Waals surface area contributed by atoms with Gasteiger partial charge in [0.05, 0.1) is 46.7 Å². The van der Waals surface area contributed by atoms with Crippen LogP contribution >= 0.6 is 0 Å². The molecular formula is C28H23B3F2N6O2. The minimum atomic E-state index is -3.08. The molecule has 13 heteroatoms. The molecule has 1 fully saturated rings. The highest BCUT2D eigenvalue weighted by Gasteiger charge is 2.48. The van der Waals surface area contributed by atoms with Gasteiger partial charge in [0.2, 0.25) is 0 Å². The summed E-state index contributed by atoms with van der Waals surface area (Å²) in [5, 5.41) is 1.32. The maximum Gasteiger partial charge on any atom is 0.387 e. The fourth-order valence-corrected chi connectivity index (χ4v) is 6.37. The van der Waals surface area contributed by atoms with Crippen LogP contribution in [0.25, 0.3) is 22.2 Å². The Morgan fingerprint density at radius 2 is 1.80 bits per heavy atom. The van der Waals surface area contributed by atoms with Crippen molar-refractivity contribution in [3.63, 3.8) is 0 Å². The average Bonchev–Trinajstić information content (AvgIpc) is 3.45. The molecule has 8 nitrogen and oxygen atoms in total. The molecule has 2 aromatic carbocycles. The van der Waals surface area contributed by atoms with E-state index in [1.807, 2.05) is 41.1 Å². The van der Waals surface area contributed by atoms with Crippen molar-refractivity contribution >= 4 is 46.3 Å². The van der Waals surface area contributed by atoms with Crippen LogP contribution in [0.1, 0.15) is 40.3 Å². The lowest BCUT2D eigenvalue weighted by Gasteiger charge is -2.41. The summed E-state index contributed by atoms with van der Waals surface area (Å²) in [4.78, 5) is 26.7. The van der Waals surface area contributed by atoms with Crippen molar-refractivity contribution in [3.05, 3.63) is 71.7 Å². The molecule has 2 atom stereocenters. The van der Waals surface area contributed by atoms with Crippen molar-refractivity contribution < 1.29 is 18.3 Å². The quantitative estimate of drug-likeness (QED) is 0.389. The van der Waals surface area contributed by atoms with Crippen LogP contribution in [0.15, 0.2) is 54.7 Å². The first-order valence-corrected chi connectivity index (χ1v) is 13.4. The van der Waals surface area contributed by atoms with Gasteiger partial charge in [-0.25, -0.2) is 9.97 Å². The minimum Gasteiger partial charge on any atom is -0.434 e. The number of anilines is 1. The monoisotopic (exact) mass is 546 g/mol. The number of pyridine rings is 1. The number of hydrogen-bond acceptors (Lipinski definition) is 6. The average molecular weight is 546 g/mol.